The number of nitro benzene ring substituents is 1. The quantitative estimate of drug-likeness (QED) is 0.680. The lowest BCUT2D eigenvalue weighted by molar-refractivity contribution is -0.384. The summed E-state index contributed by atoms with van der Waals surface area (Å²) in [5.74, 6) is -0.271. The molecule has 1 heterocycles. The van der Waals surface area contributed by atoms with Gasteiger partial charge in [-0.25, -0.2) is 4.68 Å². The van der Waals surface area contributed by atoms with E-state index in [0.717, 1.165) is 5.69 Å². The van der Waals surface area contributed by atoms with Crippen molar-refractivity contribution in [1.82, 2.24) is 15.1 Å². The van der Waals surface area contributed by atoms with Crippen molar-refractivity contribution >= 4 is 11.6 Å². The molecular weight excluding hydrogens is 260 g/mol. The van der Waals surface area contributed by atoms with Gasteiger partial charge in [-0.15, -0.1) is 0 Å². The predicted octanol–water partition coefficient (Wildman–Crippen LogP) is 1.84. The predicted molar refractivity (Wildman–Crippen MR) is 73.0 cm³/mol. The van der Waals surface area contributed by atoms with Crippen molar-refractivity contribution in [3.63, 3.8) is 0 Å². The van der Waals surface area contributed by atoms with Gasteiger partial charge in [-0.2, -0.15) is 5.10 Å². The standard InChI is InChI=1S/C13H14N4O3/c1-3-14-13(18)10-4-5-11(17(19)20)12(8-10)16-7-6-9(2)15-16/h4-8H,3H2,1-2H3,(H,14,18). The summed E-state index contributed by atoms with van der Waals surface area (Å²) in [5, 5.41) is 17.9. The SMILES string of the molecule is CCNC(=O)c1ccc([N+](=O)[O-])c(-n2ccc(C)n2)c1. The number of carbonyl (C=O) groups excluding carboxylic acids is 1. The van der Waals surface area contributed by atoms with Crippen LogP contribution in [0.4, 0.5) is 5.69 Å². The molecule has 2 aromatic rings. The van der Waals surface area contributed by atoms with E-state index in [0.29, 0.717) is 12.1 Å². The van der Waals surface area contributed by atoms with Crippen LogP contribution in [-0.2, 0) is 0 Å². The second-order valence-electron chi connectivity index (χ2n) is 4.22. The molecule has 104 valence electrons. The number of carbonyl (C=O) groups is 1. The molecule has 20 heavy (non-hydrogen) atoms. The minimum absolute atomic E-state index is 0.0962. The van der Waals surface area contributed by atoms with Crippen molar-refractivity contribution < 1.29 is 9.72 Å². The lowest BCUT2D eigenvalue weighted by Gasteiger charge is -2.06. The molecular formula is C13H14N4O3. The largest absolute Gasteiger partial charge is 0.352 e. The van der Waals surface area contributed by atoms with Crippen molar-refractivity contribution in [1.29, 1.82) is 0 Å². The lowest BCUT2D eigenvalue weighted by Crippen LogP contribution is -2.22. The number of nitrogens with zero attached hydrogens (tertiary/aromatic N) is 3. The Hall–Kier alpha value is -2.70. The first-order valence-corrected chi connectivity index (χ1v) is 6.12. The highest BCUT2D eigenvalue weighted by molar-refractivity contribution is 5.95. The Morgan fingerprint density at radius 2 is 2.20 bits per heavy atom. The topological polar surface area (TPSA) is 90.1 Å². The molecule has 1 amide bonds. The van der Waals surface area contributed by atoms with Gasteiger partial charge >= 0.3 is 0 Å². The maximum atomic E-state index is 11.8. The second-order valence-corrected chi connectivity index (χ2v) is 4.22. The molecule has 1 aromatic carbocycles. The van der Waals surface area contributed by atoms with Gasteiger partial charge in [0.05, 0.1) is 10.6 Å². The zero-order valence-corrected chi connectivity index (χ0v) is 11.2. The Bertz CT molecular complexity index is 663. The minimum atomic E-state index is -0.492. The highest BCUT2D eigenvalue weighted by atomic mass is 16.6. The molecule has 0 aliphatic heterocycles. The molecule has 0 spiro atoms. The fraction of sp³-hybridized carbons (Fsp3) is 0.231. The molecule has 0 bridgehead atoms. The average molecular weight is 274 g/mol. The van der Waals surface area contributed by atoms with Crippen LogP contribution in [0, 0.1) is 17.0 Å². The van der Waals surface area contributed by atoms with Crippen LogP contribution in [0.1, 0.15) is 23.0 Å². The molecule has 1 aromatic heterocycles. The van der Waals surface area contributed by atoms with Gasteiger partial charge in [0.25, 0.3) is 11.6 Å². The Kier molecular flexibility index (Phi) is 3.79. The summed E-state index contributed by atoms with van der Waals surface area (Å²) >= 11 is 0. The summed E-state index contributed by atoms with van der Waals surface area (Å²) in [6.07, 6.45) is 1.62. The van der Waals surface area contributed by atoms with Crippen molar-refractivity contribution in [2.45, 2.75) is 13.8 Å². The van der Waals surface area contributed by atoms with E-state index < -0.39 is 4.92 Å². The van der Waals surface area contributed by atoms with Crippen LogP contribution in [0.2, 0.25) is 0 Å². The van der Waals surface area contributed by atoms with Gasteiger partial charge in [0.1, 0.15) is 5.69 Å². The first-order valence-electron chi connectivity index (χ1n) is 6.12. The number of hydrogen-bond acceptors (Lipinski definition) is 4. The number of amides is 1. The minimum Gasteiger partial charge on any atom is -0.352 e. The normalized spacial score (nSPS) is 10.3. The number of aryl methyl sites for hydroxylation is 1. The van der Waals surface area contributed by atoms with E-state index in [-0.39, 0.29) is 17.3 Å². The van der Waals surface area contributed by atoms with Crippen LogP contribution in [0.5, 0.6) is 0 Å². The van der Waals surface area contributed by atoms with Gasteiger partial charge in [0, 0.05) is 24.4 Å². The number of nitrogens with one attached hydrogen (secondary N) is 1. The number of aromatic nitrogens is 2. The van der Waals surface area contributed by atoms with Crippen molar-refractivity contribution in [2.24, 2.45) is 0 Å². The smallest absolute Gasteiger partial charge is 0.294 e. The van der Waals surface area contributed by atoms with E-state index in [1.54, 1.807) is 26.1 Å². The van der Waals surface area contributed by atoms with E-state index in [1.165, 1.54) is 22.9 Å². The summed E-state index contributed by atoms with van der Waals surface area (Å²) in [4.78, 5) is 22.4. The molecule has 0 unspecified atom stereocenters. The average Bonchev–Trinajstić information content (AvgIpc) is 2.85. The van der Waals surface area contributed by atoms with Crippen LogP contribution in [0.3, 0.4) is 0 Å². The molecule has 0 atom stereocenters. The van der Waals surface area contributed by atoms with Crippen molar-refractivity contribution in [3.8, 4) is 5.69 Å². The van der Waals surface area contributed by atoms with Gasteiger partial charge in [-0.05, 0) is 32.0 Å². The van der Waals surface area contributed by atoms with Crippen molar-refractivity contribution in [2.75, 3.05) is 6.54 Å². The molecule has 0 saturated heterocycles. The molecule has 0 saturated carbocycles. The Balaban J connectivity index is 2.53. The number of hydrogen-bond donors (Lipinski definition) is 1. The third-order valence-electron chi connectivity index (χ3n) is 2.74. The number of benzene rings is 1. The van der Waals surface area contributed by atoms with Crippen LogP contribution in [-0.4, -0.2) is 27.2 Å². The Labute approximate surface area is 115 Å². The van der Waals surface area contributed by atoms with Gasteiger partial charge in [-0.1, -0.05) is 0 Å². The Morgan fingerprint density at radius 1 is 1.45 bits per heavy atom. The molecule has 0 aliphatic rings. The zero-order chi connectivity index (χ0) is 14.7. The first kappa shape index (κ1) is 13.7. The van der Waals surface area contributed by atoms with Gasteiger partial charge in [-0.3, -0.25) is 14.9 Å². The summed E-state index contributed by atoms with van der Waals surface area (Å²) in [7, 11) is 0. The molecule has 1 N–H and O–H groups in total. The second kappa shape index (κ2) is 5.52. The maximum absolute atomic E-state index is 11.8. The van der Waals surface area contributed by atoms with Gasteiger partial charge in [0.2, 0.25) is 0 Å². The summed E-state index contributed by atoms with van der Waals surface area (Å²) < 4.78 is 1.40. The first-order chi connectivity index (χ1) is 9.52. The van der Waals surface area contributed by atoms with Crippen LogP contribution >= 0.6 is 0 Å². The van der Waals surface area contributed by atoms with E-state index in [9.17, 15) is 14.9 Å². The van der Waals surface area contributed by atoms with E-state index in [4.69, 9.17) is 0 Å². The highest BCUT2D eigenvalue weighted by Crippen LogP contribution is 2.23. The van der Waals surface area contributed by atoms with E-state index in [2.05, 4.69) is 10.4 Å². The number of nitro groups is 1. The van der Waals surface area contributed by atoms with Crippen molar-refractivity contribution in [3.05, 3.63) is 51.8 Å². The third-order valence-corrected chi connectivity index (χ3v) is 2.74. The summed E-state index contributed by atoms with van der Waals surface area (Å²) in [5.41, 5.74) is 1.27. The monoisotopic (exact) mass is 274 g/mol. The van der Waals surface area contributed by atoms with Gasteiger partial charge < -0.3 is 5.32 Å². The van der Waals surface area contributed by atoms with Gasteiger partial charge in [0.15, 0.2) is 0 Å². The number of rotatable bonds is 4. The zero-order valence-electron chi connectivity index (χ0n) is 11.2. The molecule has 7 nitrogen and oxygen atoms in total. The van der Waals surface area contributed by atoms with E-state index >= 15 is 0 Å². The fourth-order valence-electron chi connectivity index (χ4n) is 1.81. The molecule has 7 heteroatoms. The highest BCUT2D eigenvalue weighted by Gasteiger charge is 2.18. The summed E-state index contributed by atoms with van der Waals surface area (Å²) in [6.45, 7) is 4.09. The van der Waals surface area contributed by atoms with Crippen LogP contribution in [0.25, 0.3) is 5.69 Å². The fourth-order valence-corrected chi connectivity index (χ4v) is 1.81. The van der Waals surface area contributed by atoms with Crippen LogP contribution < -0.4 is 5.32 Å². The lowest BCUT2D eigenvalue weighted by atomic mass is 10.1. The van der Waals surface area contributed by atoms with E-state index in [1.807, 2.05) is 0 Å². The van der Waals surface area contributed by atoms with Crippen LogP contribution in [0.15, 0.2) is 30.5 Å². The Morgan fingerprint density at radius 3 is 2.75 bits per heavy atom. The molecule has 2 rings (SSSR count). The maximum Gasteiger partial charge on any atom is 0.294 e. The summed E-state index contributed by atoms with van der Waals surface area (Å²) in [6, 6.07) is 5.96. The molecule has 0 aliphatic carbocycles. The molecule has 0 fully saturated rings. The third kappa shape index (κ3) is 2.66. The molecule has 0 radical (unpaired) electrons.